The SMILES string of the molecule is CNc1nc(C2CC2)nc(NCCN2CCOCC2)c1C. The Balaban J connectivity index is 1.61. The maximum atomic E-state index is 5.37. The molecule has 0 bridgehead atoms. The average Bonchev–Trinajstić information content (AvgIpc) is 3.35. The Morgan fingerprint density at radius 3 is 2.57 bits per heavy atom. The van der Waals surface area contributed by atoms with Gasteiger partial charge in [0.05, 0.1) is 13.2 Å². The molecule has 2 N–H and O–H groups in total. The second-order valence-corrected chi connectivity index (χ2v) is 5.81. The van der Waals surface area contributed by atoms with Gasteiger partial charge in [-0.05, 0) is 19.8 Å². The standard InChI is InChI=1S/C15H25N5O/c1-11-13(16-2)18-15(12-3-4-12)19-14(11)17-5-6-20-7-9-21-10-8-20/h12H,3-10H2,1-2H3,(H2,16,17,18,19). The van der Waals surface area contributed by atoms with Crippen molar-refractivity contribution in [3.63, 3.8) is 0 Å². The van der Waals surface area contributed by atoms with Gasteiger partial charge in [-0.2, -0.15) is 0 Å². The van der Waals surface area contributed by atoms with Crippen LogP contribution in [0.5, 0.6) is 0 Å². The van der Waals surface area contributed by atoms with Crippen LogP contribution in [0.3, 0.4) is 0 Å². The molecule has 116 valence electrons. The van der Waals surface area contributed by atoms with Gasteiger partial charge in [0.2, 0.25) is 0 Å². The van der Waals surface area contributed by atoms with E-state index < -0.39 is 0 Å². The second-order valence-electron chi connectivity index (χ2n) is 5.81. The average molecular weight is 291 g/mol. The maximum Gasteiger partial charge on any atom is 0.136 e. The van der Waals surface area contributed by atoms with Crippen LogP contribution < -0.4 is 10.6 Å². The van der Waals surface area contributed by atoms with Gasteiger partial charge in [0.25, 0.3) is 0 Å². The molecule has 2 fully saturated rings. The van der Waals surface area contributed by atoms with Gasteiger partial charge in [0, 0.05) is 44.7 Å². The zero-order chi connectivity index (χ0) is 14.7. The number of ether oxygens (including phenoxy) is 1. The second kappa shape index (κ2) is 6.58. The summed E-state index contributed by atoms with van der Waals surface area (Å²) in [5.41, 5.74) is 1.10. The summed E-state index contributed by atoms with van der Waals surface area (Å²) in [6.07, 6.45) is 2.44. The van der Waals surface area contributed by atoms with Crippen molar-refractivity contribution < 1.29 is 4.74 Å². The first-order chi connectivity index (χ1) is 10.3. The zero-order valence-corrected chi connectivity index (χ0v) is 13.0. The molecule has 0 atom stereocenters. The molecule has 1 aromatic rings. The largest absolute Gasteiger partial charge is 0.379 e. The molecule has 0 unspecified atom stereocenters. The van der Waals surface area contributed by atoms with Crippen molar-refractivity contribution >= 4 is 11.6 Å². The van der Waals surface area contributed by atoms with Gasteiger partial charge in [0.15, 0.2) is 0 Å². The zero-order valence-electron chi connectivity index (χ0n) is 13.0. The summed E-state index contributed by atoms with van der Waals surface area (Å²) in [6, 6.07) is 0. The van der Waals surface area contributed by atoms with Crippen molar-refractivity contribution in [1.29, 1.82) is 0 Å². The van der Waals surface area contributed by atoms with E-state index in [4.69, 9.17) is 9.72 Å². The fourth-order valence-electron chi connectivity index (χ4n) is 2.63. The molecule has 1 aromatic heterocycles. The van der Waals surface area contributed by atoms with E-state index in [1.165, 1.54) is 12.8 Å². The van der Waals surface area contributed by atoms with Crippen LogP contribution in [0.15, 0.2) is 0 Å². The molecule has 0 spiro atoms. The Bertz CT molecular complexity index is 483. The van der Waals surface area contributed by atoms with Crippen molar-refractivity contribution in [1.82, 2.24) is 14.9 Å². The molecular formula is C15H25N5O. The number of hydrogen-bond acceptors (Lipinski definition) is 6. The molecule has 0 radical (unpaired) electrons. The lowest BCUT2D eigenvalue weighted by Crippen LogP contribution is -2.39. The monoisotopic (exact) mass is 291 g/mol. The predicted octanol–water partition coefficient (Wildman–Crippen LogP) is 1.45. The van der Waals surface area contributed by atoms with Crippen LogP contribution in [0.1, 0.15) is 30.1 Å². The predicted molar refractivity (Wildman–Crippen MR) is 84.0 cm³/mol. The third-order valence-electron chi connectivity index (χ3n) is 4.17. The third kappa shape index (κ3) is 3.63. The number of hydrogen-bond donors (Lipinski definition) is 2. The first-order valence-corrected chi connectivity index (χ1v) is 7.88. The fraction of sp³-hybridized carbons (Fsp3) is 0.733. The van der Waals surface area contributed by atoms with E-state index in [0.717, 1.165) is 62.4 Å². The maximum absolute atomic E-state index is 5.37. The van der Waals surface area contributed by atoms with E-state index in [1.54, 1.807) is 0 Å². The Morgan fingerprint density at radius 1 is 1.19 bits per heavy atom. The minimum Gasteiger partial charge on any atom is -0.379 e. The van der Waals surface area contributed by atoms with E-state index in [0.29, 0.717) is 5.92 Å². The molecule has 0 aromatic carbocycles. The van der Waals surface area contributed by atoms with E-state index in [-0.39, 0.29) is 0 Å². The molecule has 1 saturated carbocycles. The first-order valence-electron chi connectivity index (χ1n) is 7.88. The van der Waals surface area contributed by atoms with E-state index >= 15 is 0 Å². The van der Waals surface area contributed by atoms with Gasteiger partial charge >= 0.3 is 0 Å². The summed E-state index contributed by atoms with van der Waals surface area (Å²) in [5.74, 6) is 3.47. The Hall–Kier alpha value is -1.40. The van der Waals surface area contributed by atoms with Gasteiger partial charge in [-0.15, -0.1) is 0 Å². The van der Waals surface area contributed by atoms with Crippen molar-refractivity contribution in [2.45, 2.75) is 25.7 Å². The van der Waals surface area contributed by atoms with E-state index in [1.807, 2.05) is 7.05 Å². The summed E-state index contributed by atoms with van der Waals surface area (Å²) >= 11 is 0. The number of anilines is 2. The van der Waals surface area contributed by atoms with Gasteiger partial charge in [-0.1, -0.05) is 0 Å². The highest BCUT2D eigenvalue weighted by atomic mass is 16.5. The highest BCUT2D eigenvalue weighted by Crippen LogP contribution is 2.39. The summed E-state index contributed by atoms with van der Waals surface area (Å²) in [4.78, 5) is 11.8. The number of morpholine rings is 1. The molecule has 3 rings (SSSR count). The van der Waals surface area contributed by atoms with Gasteiger partial charge in [-0.25, -0.2) is 9.97 Å². The Kier molecular flexibility index (Phi) is 4.55. The number of rotatable bonds is 6. The minimum absolute atomic E-state index is 0.567. The highest BCUT2D eigenvalue weighted by molar-refractivity contribution is 5.57. The van der Waals surface area contributed by atoms with Crippen molar-refractivity contribution in [2.24, 2.45) is 0 Å². The number of nitrogens with zero attached hydrogens (tertiary/aromatic N) is 3. The van der Waals surface area contributed by atoms with Crippen LogP contribution >= 0.6 is 0 Å². The van der Waals surface area contributed by atoms with Crippen LogP contribution in [0.4, 0.5) is 11.6 Å². The van der Waals surface area contributed by atoms with Crippen molar-refractivity contribution in [2.75, 3.05) is 57.1 Å². The normalized spacial score (nSPS) is 19.5. The number of aromatic nitrogens is 2. The lowest BCUT2D eigenvalue weighted by Gasteiger charge is -2.26. The van der Waals surface area contributed by atoms with Crippen LogP contribution in [-0.4, -0.2) is 61.3 Å². The van der Waals surface area contributed by atoms with E-state index in [9.17, 15) is 0 Å². The Morgan fingerprint density at radius 2 is 1.90 bits per heavy atom. The lowest BCUT2D eigenvalue weighted by atomic mass is 10.2. The molecule has 21 heavy (non-hydrogen) atoms. The van der Waals surface area contributed by atoms with Gasteiger partial charge < -0.3 is 15.4 Å². The van der Waals surface area contributed by atoms with Gasteiger partial charge in [0.1, 0.15) is 17.5 Å². The van der Waals surface area contributed by atoms with Gasteiger partial charge in [-0.3, -0.25) is 4.90 Å². The smallest absolute Gasteiger partial charge is 0.136 e. The topological polar surface area (TPSA) is 62.3 Å². The van der Waals surface area contributed by atoms with Crippen LogP contribution in [-0.2, 0) is 4.74 Å². The number of nitrogens with one attached hydrogen (secondary N) is 2. The summed E-state index contributed by atoms with van der Waals surface area (Å²) in [5, 5.41) is 6.66. The summed E-state index contributed by atoms with van der Waals surface area (Å²) < 4.78 is 5.37. The molecule has 6 heteroatoms. The van der Waals surface area contributed by atoms with Crippen LogP contribution in [0.2, 0.25) is 0 Å². The molecule has 2 heterocycles. The molecule has 1 aliphatic heterocycles. The minimum atomic E-state index is 0.567. The van der Waals surface area contributed by atoms with Crippen LogP contribution in [0, 0.1) is 6.92 Å². The van der Waals surface area contributed by atoms with E-state index in [2.05, 4.69) is 27.4 Å². The van der Waals surface area contributed by atoms with Crippen molar-refractivity contribution in [3.05, 3.63) is 11.4 Å². The van der Waals surface area contributed by atoms with Crippen molar-refractivity contribution in [3.8, 4) is 0 Å². The molecular weight excluding hydrogens is 266 g/mol. The molecule has 1 aliphatic carbocycles. The third-order valence-corrected chi connectivity index (χ3v) is 4.17. The summed E-state index contributed by atoms with van der Waals surface area (Å²) in [6.45, 7) is 7.76. The molecule has 2 aliphatic rings. The molecule has 6 nitrogen and oxygen atoms in total. The summed E-state index contributed by atoms with van der Waals surface area (Å²) in [7, 11) is 1.92. The lowest BCUT2D eigenvalue weighted by molar-refractivity contribution is 0.0398. The Labute approximate surface area is 126 Å². The fourth-order valence-corrected chi connectivity index (χ4v) is 2.63. The van der Waals surface area contributed by atoms with Crippen LogP contribution in [0.25, 0.3) is 0 Å². The molecule has 1 saturated heterocycles. The quantitative estimate of drug-likeness (QED) is 0.827. The molecule has 0 amide bonds. The highest BCUT2D eigenvalue weighted by Gasteiger charge is 2.28. The first kappa shape index (κ1) is 14.5.